The largest absolute Gasteiger partial charge is 0.325 e. The van der Waals surface area contributed by atoms with E-state index in [4.69, 9.17) is 10.6 Å². The van der Waals surface area contributed by atoms with Gasteiger partial charge in [-0.05, 0) is 25.7 Å². The first-order valence-corrected chi connectivity index (χ1v) is 4.92. The van der Waals surface area contributed by atoms with E-state index in [0.717, 1.165) is 32.2 Å². The maximum absolute atomic E-state index is 11.6. The number of hydroxylamine groups is 2. The van der Waals surface area contributed by atoms with Crippen molar-refractivity contribution in [2.75, 3.05) is 13.2 Å². The maximum Gasteiger partial charge on any atom is 0.247 e. The van der Waals surface area contributed by atoms with Crippen molar-refractivity contribution in [3.63, 3.8) is 0 Å². The van der Waals surface area contributed by atoms with Crippen molar-refractivity contribution in [2.24, 2.45) is 5.73 Å². The Bertz CT molecular complexity index is 208. The third-order valence-electron chi connectivity index (χ3n) is 2.88. The molecule has 4 heteroatoms. The Morgan fingerprint density at radius 1 is 1.46 bits per heavy atom. The van der Waals surface area contributed by atoms with Crippen molar-refractivity contribution < 1.29 is 9.63 Å². The van der Waals surface area contributed by atoms with Crippen LogP contribution in [0.3, 0.4) is 0 Å². The molecule has 1 heterocycles. The highest BCUT2D eigenvalue weighted by atomic mass is 16.7. The maximum atomic E-state index is 11.6. The molecule has 0 aromatic heterocycles. The number of carbonyl (C=O) groups excluding carboxylic acids is 1. The molecule has 0 unspecified atom stereocenters. The molecule has 1 aliphatic heterocycles. The second-order valence-electron chi connectivity index (χ2n) is 4.08. The van der Waals surface area contributed by atoms with Crippen LogP contribution in [0.2, 0.25) is 0 Å². The minimum Gasteiger partial charge on any atom is -0.325 e. The van der Waals surface area contributed by atoms with Crippen LogP contribution in [0.1, 0.15) is 32.1 Å². The van der Waals surface area contributed by atoms with Gasteiger partial charge in [0, 0.05) is 12.0 Å². The summed E-state index contributed by atoms with van der Waals surface area (Å²) in [6, 6.07) is 0. The average Bonchev–Trinajstić information content (AvgIpc) is 2.53. The Hall–Kier alpha value is -0.610. The first-order chi connectivity index (χ1) is 6.20. The van der Waals surface area contributed by atoms with E-state index < -0.39 is 0 Å². The average molecular weight is 184 g/mol. The molecule has 0 aromatic rings. The molecule has 74 valence electrons. The number of nitrogens with zero attached hydrogens (tertiary/aromatic N) is 1. The van der Waals surface area contributed by atoms with Crippen LogP contribution in [0.25, 0.3) is 0 Å². The molecule has 0 radical (unpaired) electrons. The van der Waals surface area contributed by atoms with Crippen LogP contribution in [-0.2, 0) is 9.63 Å². The van der Waals surface area contributed by atoms with Crippen LogP contribution in [0.15, 0.2) is 0 Å². The summed E-state index contributed by atoms with van der Waals surface area (Å²) in [6.07, 6.45) is 4.51. The van der Waals surface area contributed by atoms with Gasteiger partial charge < -0.3 is 5.73 Å². The van der Waals surface area contributed by atoms with E-state index in [2.05, 4.69) is 0 Å². The topological polar surface area (TPSA) is 55.6 Å². The molecule has 0 bridgehead atoms. The zero-order chi connectivity index (χ0) is 9.31. The SMILES string of the molecule is NC1(CC(=O)N2CCCO2)CCC1. The molecular formula is C9H16N2O2. The third kappa shape index (κ3) is 1.84. The lowest BCUT2D eigenvalue weighted by atomic mass is 9.75. The third-order valence-corrected chi connectivity index (χ3v) is 2.88. The van der Waals surface area contributed by atoms with Gasteiger partial charge in [-0.1, -0.05) is 0 Å². The molecule has 1 saturated heterocycles. The Balaban J connectivity index is 1.83. The molecule has 0 atom stereocenters. The van der Waals surface area contributed by atoms with E-state index in [1.165, 1.54) is 5.06 Å². The number of rotatable bonds is 2. The summed E-state index contributed by atoms with van der Waals surface area (Å²) < 4.78 is 0. The van der Waals surface area contributed by atoms with Crippen LogP contribution >= 0.6 is 0 Å². The zero-order valence-corrected chi connectivity index (χ0v) is 7.79. The fourth-order valence-corrected chi connectivity index (χ4v) is 1.84. The van der Waals surface area contributed by atoms with Crippen molar-refractivity contribution in [3.05, 3.63) is 0 Å². The minimum absolute atomic E-state index is 0.0553. The van der Waals surface area contributed by atoms with Crippen molar-refractivity contribution >= 4 is 5.91 Å². The number of hydrogen-bond donors (Lipinski definition) is 1. The second-order valence-corrected chi connectivity index (χ2v) is 4.08. The predicted molar refractivity (Wildman–Crippen MR) is 47.7 cm³/mol. The molecule has 2 rings (SSSR count). The molecule has 2 fully saturated rings. The number of amides is 1. The van der Waals surface area contributed by atoms with Crippen molar-refractivity contribution in [2.45, 2.75) is 37.6 Å². The Morgan fingerprint density at radius 2 is 2.23 bits per heavy atom. The Morgan fingerprint density at radius 3 is 2.69 bits per heavy atom. The van der Waals surface area contributed by atoms with Gasteiger partial charge in [-0.25, -0.2) is 5.06 Å². The Kier molecular flexibility index (Phi) is 2.26. The molecule has 13 heavy (non-hydrogen) atoms. The van der Waals surface area contributed by atoms with Gasteiger partial charge in [-0.3, -0.25) is 9.63 Å². The van der Waals surface area contributed by atoms with Crippen molar-refractivity contribution in [1.29, 1.82) is 0 Å². The monoisotopic (exact) mass is 184 g/mol. The van der Waals surface area contributed by atoms with Crippen molar-refractivity contribution in [1.82, 2.24) is 5.06 Å². The summed E-state index contributed by atoms with van der Waals surface area (Å²) in [5.41, 5.74) is 5.75. The van der Waals surface area contributed by atoms with Crippen LogP contribution in [0.4, 0.5) is 0 Å². The van der Waals surface area contributed by atoms with E-state index in [1.807, 2.05) is 0 Å². The zero-order valence-electron chi connectivity index (χ0n) is 7.79. The van der Waals surface area contributed by atoms with Crippen LogP contribution in [0, 0.1) is 0 Å². The summed E-state index contributed by atoms with van der Waals surface area (Å²) in [7, 11) is 0. The molecule has 1 amide bonds. The smallest absolute Gasteiger partial charge is 0.247 e. The molecule has 1 aliphatic carbocycles. The molecular weight excluding hydrogens is 168 g/mol. The first kappa shape index (κ1) is 8.97. The van der Waals surface area contributed by atoms with Gasteiger partial charge >= 0.3 is 0 Å². The van der Waals surface area contributed by atoms with Gasteiger partial charge in [-0.15, -0.1) is 0 Å². The number of nitrogens with two attached hydrogens (primary N) is 1. The van der Waals surface area contributed by atoms with E-state index in [9.17, 15) is 4.79 Å². The summed E-state index contributed by atoms with van der Waals surface area (Å²) >= 11 is 0. The second kappa shape index (κ2) is 3.27. The van der Waals surface area contributed by atoms with E-state index >= 15 is 0 Å². The van der Waals surface area contributed by atoms with Gasteiger partial charge in [0.1, 0.15) is 0 Å². The van der Waals surface area contributed by atoms with E-state index in [-0.39, 0.29) is 11.4 Å². The molecule has 2 N–H and O–H groups in total. The summed E-state index contributed by atoms with van der Waals surface area (Å²) in [6.45, 7) is 1.40. The Labute approximate surface area is 78.0 Å². The van der Waals surface area contributed by atoms with Crippen LogP contribution < -0.4 is 5.73 Å². The van der Waals surface area contributed by atoms with Crippen LogP contribution in [-0.4, -0.2) is 29.7 Å². The minimum atomic E-state index is -0.219. The standard InChI is InChI=1S/C9H16N2O2/c10-9(3-1-4-9)7-8(12)11-5-2-6-13-11/h1-7,10H2. The molecule has 2 aliphatic rings. The molecule has 1 saturated carbocycles. The lowest BCUT2D eigenvalue weighted by Crippen LogP contribution is -2.50. The summed E-state index contributed by atoms with van der Waals surface area (Å²) in [4.78, 5) is 16.7. The molecule has 0 spiro atoms. The van der Waals surface area contributed by atoms with E-state index in [0.29, 0.717) is 13.0 Å². The van der Waals surface area contributed by atoms with Gasteiger partial charge in [0.15, 0.2) is 0 Å². The number of carbonyl (C=O) groups is 1. The van der Waals surface area contributed by atoms with Gasteiger partial charge in [0.2, 0.25) is 5.91 Å². The van der Waals surface area contributed by atoms with Gasteiger partial charge in [0.25, 0.3) is 0 Å². The molecule has 0 aromatic carbocycles. The fraction of sp³-hybridized carbons (Fsp3) is 0.889. The highest BCUT2D eigenvalue weighted by Gasteiger charge is 2.36. The highest BCUT2D eigenvalue weighted by Crippen LogP contribution is 2.32. The normalized spacial score (nSPS) is 25.8. The quantitative estimate of drug-likeness (QED) is 0.676. The summed E-state index contributed by atoms with van der Waals surface area (Å²) in [5, 5.41) is 1.47. The lowest BCUT2D eigenvalue weighted by molar-refractivity contribution is -0.170. The lowest BCUT2D eigenvalue weighted by Gasteiger charge is -2.38. The van der Waals surface area contributed by atoms with Gasteiger partial charge in [0.05, 0.1) is 13.2 Å². The van der Waals surface area contributed by atoms with E-state index in [1.54, 1.807) is 0 Å². The molecule has 4 nitrogen and oxygen atoms in total. The van der Waals surface area contributed by atoms with Crippen molar-refractivity contribution in [3.8, 4) is 0 Å². The predicted octanol–water partition coefficient (Wildman–Crippen LogP) is 0.422. The first-order valence-electron chi connectivity index (χ1n) is 4.92. The van der Waals surface area contributed by atoms with Crippen LogP contribution in [0.5, 0.6) is 0 Å². The van der Waals surface area contributed by atoms with Gasteiger partial charge in [-0.2, -0.15) is 0 Å². The fourth-order valence-electron chi connectivity index (χ4n) is 1.84. The highest BCUT2D eigenvalue weighted by molar-refractivity contribution is 5.76. The number of hydrogen-bond acceptors (Lipinski definition) is 3. The summed E-state index contributed by atoms with van der Waals surface area (Å²) in [5.74, 6) is 0.0553.